The van der Waals surface area contributed by atoms with Crippen molar-refractivity contribution in [3.05, 3.63) is 35.6 Å². The third kappa shape index (κ3) is 3.43. The van der Waals surface area contributed by atoms with Gasteiger partial charge in [-0.05, 0) is 30.5 Å². The minimum atomic E-state index is -0.869. The number of carboxylic acid groups (broad SMARTS) is 1. The molecule has 1 N–H and O–H groups in total. The minimum Gasteiger partial charge on any atom is -0.465 e. The number of amides is 1. The Morgan fingerprint density at radius 3 is 2.50 bits per heavy atom. The normalized spacial score (nSPS) is 16.8. The van der Waals surface area contributed by atoms with Gasteiger partial charge < -0.3 is 14.7 Å². The van der Waals surface area contributed by atoms with Crippen molar-refractivity contribution in [2.24, 2.45) is 0 Å². The van der Waals surface area contributed by atoms with Crippen LogP contribution >= 0.6 is 0 Å². The smallest absolute Gasteiger partial charge is 0.407 e. The summed E-state index contributed by atoms with van der Waals surface area (Å²) in [7, 11) is 0. The van der Waals surface area contributed by atoms with E-state index in [1.165, 1.54) is 17.0 Å². The number of hydrogen-bond acceptors (Lipinski definition) is 2. The number of likely N-dealkylation sites (tertiary alicyclic amines) is 1. The summed E-state index contributed by atoms with van der Waals surface area (Å²) in [6.45, 7) is 1.48. The van der Waals surface area contributed by atoms with Gasteiger partial charge in [0.1, 0.15) is 5.82 Å². The molecule has 1 aromatic carbocycles. The Balaban J connectivity index is 1.75. The first-order chi connectivity index (χ1) is 8.65. The molecule has 1 saturated heterocycles. The average Bonchev–Trinajstić information content (AvgIpc) is 2.38. The highest BCUT2D eigenvalue weighted by atomic mass is 19.1. The topological polar surface area (TPSA) is 49.8 Å². The second kappa shape index (κ2) is 5.82. The van der Waals surface area contributed by atoms with Gasteiger partial charge in [-0.2, -0.15) is 0 Å². The number of benzene rings is 1. The molecular weight excluding hydrogens is 237 g/mol. The molecule has 0 spiro atoms. The molecule has 4 nitrogen and oxygen atoms in total. The van der Waals surface area contributed by atoms with Gasteiger partial charge in [0.2, 0.25) is 0 Å². The fourth-order valence-electron chi connectivity index (χ4n) is 2.01. The molecule has 5 heteroatoms. The Morgan fingerprint density at radius 1 is 1.33 bits per heavy atom. The molecule has 98 valence electrons. The van der Waals surface area contributed by atoms with E-state index in [2.05, 4.69) is 0 Å². The van der Waals surface area contributed by atoms with Crippen molar-refractivity contribution in [3.63, 3.8) is 0 Å². The van der Waals surface area contributed by atoms with Crippen LogP contribution in [0.1, 0.15) is 18.4 Å². The van der Waals surface area contributed by atoms with Crippen LogP contribution in [0.5, 0.6) is 0 Å². The molecule has 1 amide bonds. The summed E-state index contributed by atoms with van der Waals surface area (Å²) in [5.74, 6) is -0.256. The SMILES string of the molecule is O=C(O)N1CCC(OCc2ccc(F)cc2)CC1. The number of ether oxygens (including phenoxy) is 1. The predicted octanol–water partition coefficient (Wildman–Crippen LogP) is 2.48. The summed E-state index contributed by atoms with van der Waals surface area (Å²) in [6, 6.07) is 6.21. The van der Waals surface area contributed by atoms with E-state index in [4.69, 9.17) is 9.84 Å². The van der Waals surface area contributed by atoms with Crippen LogP contribution in [0.15, 0.2) is 24.3 Å². The monoisotopic (exact) mass is 253 g/mol. The standard InChI is InChI=1S/C13H16FNO3/c14-11-3-1-10(2-4-11)9-18-12-5-7-15(8-6-12)13(16)17/h1-4,12H,5-9H2,(H,16,17). The van der Waals surface area contributed by atoms with E-state index < -0.39 is 6.09 Å². The highest BCUT2D eigenvalue weighted by Gasteiger charge is 2.22. The molecule has 1 fully saturated rings. The molecule has 0 saturated carbocycles. The van der Waals surface area contributed by atoms with Crippen LogP contribution in [0.25, 0.3) is 0 Å². The van der Waals surface area contributed by atoms with E-state index in [1.807, 2.05) is 0 Å². The summed E-state index contributed by atoms with van der Waals surface area (Å²) >= 11 is 0. The molecule has 0 bridgehead atoms. The van der Waals surface area contributed by atoms with Crippen molar-refractivity contribution in [2.45, 2.75) is 25.6 Å². The molecule has 2 rings (SSSR count). The lowest BCUT2D eigenvalue weighted by Crippen LogP contribution is -2.40. The Hall–Kier alpha value is -1.62. The van der Waals surface area contributed by atoms with Gasteiger partial charge in [0.05, 0.1) is 12.7 Å². The number of hydrogen-bond donors (Lipinski definition) is 1. The van der Waals surface area contributed by atoms with Gasteiger partial charge in [0.25, 0.3) is 0 Å². The van der Waals surface area contributed by atoms with Crippen LogP contribution in [-0.2, 0) is 11.3 Å². The lowest BCUT2D eigenvalue weighted by atomic mass is 10.1. The summed E-state index contributed by atoms with van der Waals surface area (Å²) < 4.78 is 18.4. The van der Waals surface area contributed by atoms with Gasteiger partial charge in [-0.25, -0.2) is 9.18 Å². The van der Waals surface area contributed by atoms with Crippen molar-refractivity contribution in [1.29, 1.82) is 0 Å². The maximum Gasteiger partial charge on any atom is 0.407 e. The number of halogens is 1. The quantitative estimate of drug-likeness (QED) is 0.900. The first kappa shape index (κ1) is 12.8. The maximum atomic E-state index is 12.7. The molecule has 0 aliphatic carbocycles. The highest BCUT2D eigenvalue weighted by Crippen LogP contribution is 2.15. The Labute approximate surface area is 105 Å². The van der Waals surface area contributed by atoms with E-state index in [1.54, 1.807) is 12.1 Å². The Bertz CT molecular complexity index is 399. The first-order valence-corrected chi connectivity index (χ1v) is 5.99. The maximum absolute atomic E-state index is 12.7. The number of nitrogens with zero attached hydrogens (tertiary/aromatic N) is 1. The Morgan fingerprint density at radius 2 is 1.94 bits per heavy atom. The van der Waals surface area contributed by atoms with Crippen LogP contribution in [0, 0.1) is 5.82 Å². The lowest BCUT2D eigenvalue weighted by molar-refractivity contribution is 0.000356. The summed E-state index contributed by atoms with van der Waals surface area (Å²) in [5, 5.41) is 8.81. The fourth-order valence-corrected chi connectivity index (χ4v) is 2.01. The molecule has 1 aliphatic rings. The van der Waals surface area contributed by atoms with E-state index in [9.17, 15) is 9.18 Å². The molecular formula is C13H16FNO3. The molecule has 0 radical (unpaired) electrons. The van der Waals surface area contributed by atoms with Gasteiger partial charge >= 0.3 is 6.09 Å². The second-order valence-corrected chi connectivity index (χ2v) is 4.41. The van der Waals surface area contributed by atoms with Gasteiger partial charge in [0, 0.05) is 13.1 Å². The second-order valence-electron chi connectivity index (χ2n) is 4.41. The van der Waals surface area contributed by atoms with Crippen LogP contribution in [0.2, 0.25) is 0 Å². The van der Waals surface area contributed by atoms with Gasteiger partial charge in [-0.15, -0.1) is 0 Å². The molecule has 1 aromatic rings. The van der Waals surface area contributed by atoms with E-state index >= 15 is 0 Å². The van der Waals surface area contributed by atoms with E-state index in [0.717, 1.165) is 5.56 Å². The summed E-state index contributed by atoms with van der Waals surface area (Å²) in [6.07, 6.45) is 0.652. The molecule has 0 atom stereocenters. The van der Waals surface area contributed by atoms with Crippen LogP contribution < -0.4 is 0 Å². The van der Waals surface area contributed by atoms with Crippen LogP contribution in [0.3, 0.4) is 0 Å². The van der Waals surface area contributed by atoms with Crippen molar-refractivity contribution >= 4 is 6.09 Å². The molecule has 1 heterocycles. The largest absolute Gasteiger partial charge is 0.465 e. The van der Waals surface area contributed by atoms with Gasteiger partial charge in [-0.1, -0.05) is 12.1 Å². The van der Waals surface area contributed by atoms with Crippen molar-refractivity contribution < 1.29 is 19.0 Å². The molecule has 0 unspecified atom stereocenters. The lowest BCUT2D eigenvalue weighted by Gasteiger charge is -2.29. The molecule has 18 heavy (non-hydrogen) atoms. The highest BCUT2D eigenvalue weighted by molar-refractivity contribution is 5.64. The van der Waals surface area contributed by atoms with Crippen LogP contribution in [0.4, 0.5) is 9.18 Å². The zero-order chi connectivity index (χ0) is 13.0. The molecule has 0 aromatic heterocycles. The van der Waals surface area contributed by atoms with Crippen molar-refractivity contribution in [2.75, 3.05) is 13.1 Å². The third-order valence-corrected chi connectivity index (χ3v) is 3.11. The number of rotatable bonds is 3. The fraction of sp³-hybridized carbons (Fsp3) is 0.462. The zero-order valence-corrected chi connectivity index (χ0v) is 10.0. The Kier molecular flexibility index (Phi) is 4.15. The minimum absolute atomic E-state index is 0.0886. The van der Waals surface area contributed by atoms with Crippen LogP contribution in [-0.4, -0.2) is 35.3 Å². The number of carbonyl (C=O) groups is 1. The van der Waals surface area contributed by atoms with E-state index in [0.29, 0.717) is 32.5 Å². The van der Waals surface area contributed by atoms with E-state index in [-0.39, 0.29) is 11.9 Å². The average molecular weight is 253 g/mol. The molecule has 1 aliphatic heterocycles. The first-order valence-electron chi connectivity index (χ1n) is 5.99. The predicted molar refractivity (Wildman–Crippen MR) is 63.8 cm³/mol. The number of piperidine rings is 1. The summed E-state index contributed by atoms with van der Waals surface area (Å²) in [4.78, 5) is 12.1. The van der Waals surface area contributed by atoms with Crippen molar-refractivity contribution in [3.8, 4) is 0 Å². The van der Waals surface area contributed by atoms with Crippen molar-refractivity contribution in [1.82, 2.24) is 4.90 Å². The summed E-state index contributed by atoms with van der Waals surface area (Å²) in [5.41, 5.74) is 0.928. The zero-order valence-electron chi connectivity index (χ0n) is 10.0. The third-order valence-electron chi connectivity index (χ3n) is 3.11. The van der Waals surface area contributed by atoms with Gasteiger partial charge in [0.15, 0.2) is 0 Å². The van der Waals surface area contributed by atoms with Gasteiger partial charge in [-0.3, -0.25) is 0 Å².